The zero-order valence-corrected chi connectivity index (χ0v) is 17.3. The first-order valence-electron chi connectivity index (χ1n) is 10.4. The first kappa shape index (κ1) is 21.9. The number of aryl methyl sites for hydroxylation is 1. The van der Waals surface area contributed by atoms with Gasteiger partial charge in [-0.2, -0.15) is 0 Å². The number of amides is 3. The fraction of sp³-hybridized carbons (Fsp3) is 0.591. The SMILES string of the molecule is CCCC[C@@H](CC)C(=O)N(CC(=O)NCC(=O)Nc1ccc(C)cc1)C1CC1. The molecule has 28 heavy (non-hydrogen) atoms. The largest absolute Gasteiger partial charge is 0.345 e. The molecule has 0 radical (unpaired) electrons. The standard InChI is InChI=1S/C22H33N3O3/c1-4-6-7-17(5-2)22(28)25(19-12-13-19)15-21(27)23-14-20(26)24-18-10-8-16(3)9-11-18/h8-11,17,19H,4-7,12-15H2,1-3H3,(H,23,27)(H,24,26)/t17-/m1/s1. The van der Waals surface area contributed by atoms with Gasteiger partial charge in [-0.05, 0) is 44.7 Å². The van der Waals surface area contributed by atoms with Gasteiger partial charge in [-0.1, -0.05) is 44.4 Å². The van der Waals surface area contributed by atoms with Gasteiger partial charge in [0.1, 0.15) is 0 Å². The molecule has 1 aliphatic carbocycles. The van der Waals surface area contributed by atoms with Crippen LogP contribution >= 0.6 is 0 Å². The van der Waals surface area contributed by atoms with Crippen LogP contribution in [-0.4, -0.2) is 41.8 Å². The molecule has 0 saturated heterocycles. The lowest BCUT2D eigenvalue weighted by atomic mass is 9.97. The van der Waals surface area contributed by atoms with E-state index in [2.05, 4.69) is 17.6 Å². The Bertz CT molecular complexity index is 668. The molecule has 0 bridgehead atoms. The molecule has 2 rings (SSSR count). The second-order valence-corrected chi connectivity index (χ2v) is 7.64. The van der Waals surface area contributed by atoms with Crippen molar-refractivity contribution >= 4 is 23.4 Å². The minimum absolute atomic E-state index is 0.0156. The zero-order chi connectivity index (χ0) is 20.5. The van der Waals surface area contributed by atoms with Crippen LogP contribution in [0.25, 0.3) is 0 Å². The molecule has 1 atom stereocenters. The molecule has 6 heteroatoms. The molecule has 0 heterocycles. The fourth-order valence-corrected chi connectivity index (χ4v) is 3.19. The van der Waals surface area contributed by atoms with E-state index in [4.69, 9.17) is 0 Å². The third-order valence-corrected chi connectivity index (χ3v) is 5.11. The lowest BCUT2D eigenvalue weighted by molar-refractivity contribution is -0.140. The summed E-state index contributed by atoms with van der Waals surface area (Å²) in [6.07, 6.45) is 5.66. The Labute approximate surface area is 168 Å². The van der Waals surface area contributed by atoms with Crippen molar-refractivity contribution in [1.29, 1.82) is 0 Å². The highest BCUT2D eigenvalue weighted by Crippen LogP contribution is 2.29. The van der Waals surface area contributed by atoms with Crippen LogP contribution in [0, 0.1) is 12.8 Å². The Morgan fingerprint density at radius 1 is 1.11 bits per heavy atom. The molecule has 154 valence electrons. The Morgan fingerprint density at radius 2 is 1.79 bits per heavy atom. The van der Waals surface area contributed by atoms with Gasteiger partial charge in [0.2, 0.25) is 17.7 Å². The number of carbonyl (C=O) groups excluding carboxylic acids is 3. The molecule has 1 aromatic rings. The summed E-state index contributed by atoms with van der Waals surface area (Å²) >= 11 is 0. The smallest absolute Gasteiger partial charge is 0.243 e. The quantitative estimate of drug-likeness (QED) is 0.612. The van der Waals surface area contributed by atoms with Crippen molar-refractivity contribution in [3.05, 3.63) is 29.8 Å². The maximum absolute atomic E-state index is 12.9. The summed E-state index contributed by atoms with van der Waals surface area (Å²) in [5.74, 6) is -0.503. The predicted molar refractivity (Wildman–Crippen MR) is 111 cm³/mol. The summed E-state index contributed by atoms with van der Waals surface area (Å²) in [5, 5.41) is 5.39. The Morgan fingerprint density at radius 3 is 2.36 bits per heavy atom. The van der Waals surface area contributed by atoms with Crippen molar-refractivity contribution in [1.82, 2.24) is 10.2 Å². The number of hydrogen-bond acceptors (Lipinski definition) is 3. The van der Waals surface area contributed by atoms with Crippen molar-refractivity contribution in [2.45, 2.75) is 65.3 Å². The van der Waals surface area contributed by atoms with E-state index in [1.807, 2.05) is 38.1 Å². The number of hydrogen-bond donors (Lipinski definition) is 2. The van der Waals surface area contributed by atoms with E-state index in [9.17, 15) is 14.4 Å². The van der Waals surface area contributed by atoms with E-state index in [0.29, 0.717) is 5.69 Å². The Balaban J connectivity index is 1.82. The Kier molecular flexibility index (Phi) is 8.48. The van der Waals surface area contributed by atoms with Crippen molar-refractivity contribution < 1.29 is 14.4 Å². The van der Waals surface area contributed by atoms with Crippen molar-refractivity contribution in [2.75, 3.05) is 18.4 Å². The average Bonchev–Trinajstić information content (AvgIpc) is 3.52. The second-order valence-electron chi connectivity index (χ2n) is 7.64. The van der Waals surface area contributed by atoms with E-state index in [1.54, 1.807) is 4.90 Å². The maximum Gasteiger partial charge on any atom is 0.243 e. The topological polar surface area (TPSA) is 78.5 Å². The lowest BCUT2D eigenvalue weighted by Gasteiger charge is -2.26. The maximum atomic E-state index is 12.9. The van der Waals surface area contributed by atoms with E-state index in [1.165, 1.54) is 0 Å². The first-order valence-corrected chi connectivity index (χ1v) is 10.4. The number of nitrogens with zero attached hydrogens (tertiary/aromatic N) is 1. The number of unbranched alkanes of at least 4 members (excludes halogenated alkanes) is 1. The second kappa shape index (κ2) is 10.8. The van der Waals surface area contributed by atoms with E-state index in [-0.39, 0.29) is 42.8 Å². The van der Waals surface area contributed by atoms with Gasteiger partial charge in [0.05, 0.1) is 13.1 Å². The van der Waals surface area contributed by atoms with Crippen LogP contribution in [0.4, 0.5) is 5.69 Å². The third kappa shape index (κ3) is 6.98. The van der Waals surface area contributed by atoms with Crippen molar-refractivity contribution in [2.24, 2.45) is 5.92 Å². The normalized spacial score (nSPS) is 14.2. The summed E-state index contributed by atoms with van der Waals surface area (Å²) in [6, 6.07) is 7.65. The molecule has 0 unspecified atom stereocenters. The number of anilines is 1. The highest BCUT2D eigenvalue weighted by atomic mass is 16.2. The molecule has 2 N–H and O–H groups in total. The van der Waals surface area contributed by atoms with Gasteiger partial charge in [-0.15, -0.1) is 0 Å². The van der Waals surface area contributed by atoms with Crippen LogP contribution in [0.5, 0.6) is 0 Å². The third-order valence-electron chi connectivity index (χ3n) is 5.11. The van der Waals surface area contributed by atoms with Gasteiger partial charge in [0.15, 0.2) is 0 Å². The van der Waals surface area contributed by atoms with Crippen LogP contribution in [0.2, 0.25) is 0 Å². The van der Waals surface area contributed by atoms with Crippen molar-refractivity contribution in [3.8, 4) is 0 Å². The van der Waals surface area contributed by atoms with Gasteiger partial charge in [-0.3, -0.25) is 14.4 Å². The van der Waals surface area contributed by atoms with E-state index >= 15 is 0 Å². The first-order chi connectivity index (χ1) is 13.4. The predicted octanol–water partition coefficient (Wildman–Crippen LogP) is 3.26. The van der Waals surface area contributed by atoms with Crippen molar-refractivity contribution in [3.63, 3.8) is 0 Å². The number of rotatable bonds is 11. The molecule has 6 nitrogen and oxygen atoms in total. The summed E-state index contributed by atoms with van der Waals surface area (Å²) < 4.78 is 0. The fourth-order valence-electron chi connectivity index (χ4n) is 3.19. The van der Waals surface area contributed by atoms with Crippen LogP contribution in [0.3, 0.4) is 0 Å². The van der Waals surface area contributed by atoms with Gasteiger partial charge < -0.3 is 15.5 Å². The molecule has 1 saturated carbocycles. The molecule has 3 amide bonds. The molecule has 1 aromatic carbocycles. The summed E-state index contributed by atoms with van der Waals surface area (Å²) in [6.45, 7) is 6.05. The zero-order valence-electron chi connectivity index (χ0n) is 17.3. The Hall–Kier alpha value is -2.37. The molecule has 1 aliphatic rings. The minimum atomic E-state index is -0.287. The average molecular weight is 388 g/mol. The summed E-state index contributed by atoms with van der Waals surface area (Å²) in [4.78, 5) is 39.0. The van der Waals surface area contributed by atoms with Crippen LogP contribution in [0.15, 0.2) is 24.3 Å². The molecule has 1 fully saturated rings. The highest BCUT2D eigenvalue weighted by Gasteiger charge is 2.36. The summed E-state index contributed by atoms with van der Waals surface area (Å²) in [7, 11) is 0. The molecular weight excluding hydrogens is 354 g/mol. The molecule has 0 aromatic heterocycles. The number of nitrogens with one attached hydrogen (secondary N) is 2. The number of benzene rings is 1. The van der Waals surface area contributed by atoms with Gasteiger partial charge in [0.25, 0.3) is 0 Å². The van der Waals surface area contributed by atoms with Gasteiger partial charge in [0, 0.05) is 17.6 Å². The van der Waals surface area contributed by atoms with E-state index in [0.717, 1.165) is 44.1 Å². The monoisotopic (exact) mass is 387 g/mol. The number of carbonyl (C=O) groups is 3. The summed E-state index contributed by atoms with van der Waals surface area (Å²) in [5.41, 5.74) is 1.81. The molecule has 0 aliphatic heterocycles. The van der Waals surface area contributed by atoms with Crippen LogP contribution in [-0.2, 0) is 14.4 Å². The minimum Gasteiger partial charge on any atom is -0.345 e. The lowest BCUT2D eigenvalue weighted by Crippen LogP contribution is -2.45. The van der Waals surface area contributed by atoms with E-state index < -0.39 is 0 Å². The van der Waals surface area contributed by atoms with Gasteiger partial charge >= 0.3 is 0 Å². The van der Waals surface area contributed by atoms with Crippen LogP contribution < -0.4 is 10.6 Å². The highest BCUT2D eigenvalue weighted by molar-refractivity contribution is 5.95. The van der Waals surface area contributed by atoms with Crippen LogP contribution in [0.1, 0.15) is 57.9 Å². The van der Waals surface area contributed by atoms with Gasteiger partial charge in [-0.25, -0.2) is 0 Å². The molecular formula is C22H33N3O3. The molecule has 0 spiro atoms.